The summed E-state index contributed by atoms with van der Waals surface area (Å²) in [6.07, 6.45) is -0.0591. The van der Waals surface area contributed by atoms with Gasteiger partial charge in [-0.3, -0.25) is 4.79 Å². The van der Waals surface area contributed by atoms with Crippen LogP contribution >= 0.6 is 0 Å². The Morgan fingerprint density at radius 2 is 1.89 bits per heavy atom. The van der Waals surface area contributed by atoms with Crippen molar-refractivity contribution < 1.29 is 18.3 Å². The summed E-state index contributed by atoms with van der Waals surface area (Å²) in [5, 5.41) is 8.58. The second-order valence-corrected chi connectivity index (χ2v) is 6.13. The molecular weight excluding hydrogens is 254 g/mol. The van der Waals surface area contributed by atoms with E-state index >= 15 is 0 Å². The first-order valence-corrected chi connectivity index (χ1v) is 7.07. The van der Waals surface area contributed by atoms with Crippen molar-refractivity contribution in [2.24, 2.45) is 5.92 Å². The van der Waals surface area contributed by atoms with E-state index in [1.165, 1.54) is 12.1 Å². The van der Waals surface area contributed by atoms with Crippen molar-refractivity contribution >= 4 is 16.0 Å². The van der Waals surface area contributed by atoms with Gasteiger partial charge in [0.1, 0.15) is 0 Å². The molecule has 1 atom stereocenters. The van der Waals surface area contributed by atoms with Crippen molar-refractivity contribution in [1.82, 2.24) is 4.72 Å². The number of benzene rings is 1. The molecule has 0 aromatic heterocycles. The number of aliphatic carboxylic acids is 1. The van der Waals surface area contributed by atoms with Crippen molar-refractivity contribution in [2.45, 2.75) is 25.2 Å². The van der Waals surface area contributed by atoms with E-state index in [0.717, 1.165) is 5.56 Å². The van der Waals surface area contributed by atoms with Crippen molar-refractivity contribution in [3.8, 4) is 0 Å². The van der Waals surface area contributed by atoms with E-state index in [0.29, 0.717) is 0 Å². The lowest BCUT2D eigenvalue weighted by Crippen LogP contribution is -2.29. The summed E-state index contributed by atoms with van der Waals surface area (Å²) in [5.74, 6) is -1.18. The molecule has 0 radical (unpaired) electrons. The van der Waals surface area contributed by atoms with Crippen LogP contribution in [0.5, 0.6) is 0 Å². The molecule has 0 saturated carbocycles. The molecule has 100 valence electrons. The number of carboxylic acids is 1. The highest BCUT2D eigenvalue weighted by molar-refractivity contribution is 7.89. The van der Waals surface area contributed by atoms with Crippen molar-refractivity contribution in [3.63, 3.8) is 0 Å². The number of carbonyl (C=O) groups is 1. The summed E-state index contributed by atoms with van der Waals surface area (Å²) < 4.78 is 26.2. The monoisotopic (exact) mass is 271 g/mol. The van der Waals surface area contributed by atoms with Gasteiger partial charge in [-0.15, -0.1) is 0 Å². The maximum Gasteiger partial charge on any atom is 0.303 e. The van der Waals surface area contributed by atoms with Crippen molar-refractivity contribution in [2.75, 3.05) is 6.54 Å². The molecule has 1 unspecified atom stereocenters. The molecule has 0 bridgehead atoms. The number of nitrogens with one attached hydrogen (secondary N) is 1. The molecule has 0 aliphatic heterocycles. The Bertz CT molecular complexity index is 507. The van der Waals surface area contributed by atoms with E-state index < -0.39 is 16.0 Å². The quantitative estimate of drug-likeness (QED) is 0.819. The van der Waals surface area contributed by atoms with Gasteiger partial charge in [-0.2, -0.15) is 0 Å². The Balaban J connectivity index is 2.65. The van der Waals surface area contributed by atoms with Crippen LogP contribution < -0.4 is 4.72 Å². The molecule has 18 heavy (non-hydrogen) atoms. The lowest BCUT2D eigenvalue weighted by molar-refractivity contribution is -0.137. The van der Waals surface area contributed by atoms with E-state index in [1.807, 2.05) is 6.92 Å². The smallest absolute Gasteiger partial charge is 0.303 e. The molecule has 1 rings (SSSR count). The molecule has 0 aliphatic rings. The lowest BCUT2D eigenvalue weighted by Gasteiger charge is -2.11. The summed E-state index contributed by atoms with van der Waals surface area (Å²) in [6.45, 7) is 3.67. The number of hydrogen-bond donors (Lipinski definition) is 2. The Hall–Kier alpha value is -1.40. The summed E-state index contributed by atoms with van der Waals surface area (Å²) in [6, 6.07) is 6.49. The Labute approximate surface area is 107 Å². The Kier molecular flexibility index (Phi) is 4.86. The fourth-order valence-electron chi connectivity index (χ4n) is 1.42. The van der Waals surface area contributed by atoms with Gasteiger partial charge in [-0.1, -0.05) is 24.6 Å². The average molecular weight is 271 g/mol. The maximum atomic E-state index is 11.9. The van der Waals surface area contributed by atoms with Gasteiger partial charge in [-0.25, -0.2) is 13.1 Å². The fraction of sp³-hybridized carbons (Fsp3) is 0.417. The van der Waals surface area contributed by atoms with E-state index in [1.54, 1.807) is 19.1 Å². The predicted octanol–water partition coefficient (Wildman–Crippen LogP) is 1.38. The van der Waals surface area contributed by atoms with E-state index in [-0.39, 0.29) is 23.8 Å². The third-order valence-corrected chi connectivity index (χ3v) is 3.92. The van der Waals surface area contributed by atoms with Crippen molar-refractivity contribution in [3.05, 3.63) is 29.8 Å². The molecule has 0 amide bonds. The molecule has 1 aromatic carbocycles. The van der Waals surface area contributed by atoms with Crippen LogP contribution in [-0.2, 0) is 14.8 Å². The van der Waals surface area contributed by atoms with Gasteiger partial charge in [0.05, 0.1) is 4.90 Å². The Morgan fingerprint density at radius 3 is 2.39 bits per heavy atom. The van der Waals surface area contributed by atoms with Gasteiger partial charge in [-0.05, 0) is 25.0 Å². The first kappa shape index (κ1) is 14.7. The number of hydrogen-bond acceptors (Lipinski definition) is 3. The second kappa shape index (κ2) is 5.97. The molecular formula is C12H17NO4S. The van der Waals surface area contributed by atoms with Crippen LogP contribution in [-0.4, -0.2) is 26.0 Å². The highest BCUT2D eigenvalue weighted by Crippen LogP contribution is 2.10. The number of sulfonamides is 1. The predicted molar refractivity (Wildman–Crippen MR) is 67.8 cm³/mol. The molecule has 0 aliphatic carbocycles. The molecule has 5 nitrogen and oxygen atoms in total. The van der Waals surface area contributed by atoms with E-state index in [4.69, 9.17) is 5.11 Å². The lowest BCUT2D eigenvalue weighted by atomic mass is 10.1. The van der Waals surface area contributed by atoms with Crippen LogP contribution in [0.2, 0.25) is 0 Å². The first-order valence-electron chi connectivity index (χ1n) is 5.59. The van der Waals surface area contributed by atoms with Gasteiger partial charge in [0, 0.05) is 13.0 Å². The zero-order chi connectivity index (χ0) is 13.8. The second-order valence-electron chi connectivity index (χ2n) is 4.37. The molecule has 6 heteroatoms. The van der Waals surface area contributed by atoms with Gasteiger partial charge in [0.15, 0.2) is 0 Å². The van der Waals surface area contributed by atoms with Crippen LogP contribution in [0, 0.1) is 12.8 Å². The molecule has 0 spiro atoms. The molecule has 0 heterocycles. The van der Waals surface area contributed by atoms with Gasteiger partial charge < -0.3 is 5.11 Å². The summed E-state index contributed by atoms with van der Waals surface area (Å²) in [4.78, 5) is 10.7. The van der Waals surface area contributed by atoms with Gasteiger partial charge in [0.2, 0.25) is 10.0 Å². The van der Waals surface area contributed by atoms with E-state index in [2.05, 4.69) is 4.72 Å². The third-order valence-electron chi connectivity index (χ3n) is 2.48. The first-order chi connectivity index (χ1) is 8.31. The number of aryl methyl sites for hydroxylation is 1. The molecule has 2 N–H and O–H groups in total. The molecule has 0 saturated heterocycles. The zero-order valence-corrected chi connectivity index (χ0v) is 11.2. The van der Waals surface area contributed by atoms with Crippen LogP contribution in [0.25, 0.3) is 0 Å². The minimum Gasteiger partial charge on any atom is -0.481 e. The third kappa shape index (κ3) is 4.46. The highest BCUT2D eigenvalue weighted by atomic mass is 32.2. The minimum absolute atomic E-state index is 0.0591. The molecule has 1 aromatic rings. The maximum absolute atomic E-state index is 11.9. The summed E-state index contributed by atoms with van der Waals surface area (Å²) in [5.41, 5.74) is 0.980. The SMILES string of the molecule is Cc1ccc(S(=O)(=O)NCC(C)CC(=O)O)cc1. The normalized spacial score (nSPS) is 13.2. The van der Waals surface area contributed by atoms with E-state index in [9.17, 15) is 13.2 Å². The highest BCUT2D eigenvalue weighted by Gasteiger charge is 2.16. The minimum atomic E-state index is -3.55. The average Bonchev–Trinajstić information content (AvgIpc) is 2.26. The van der Waals surface area contributed by atoms with Crippen LogP contribution in [0.15, 0.2) is 29.2 Å². The fourth-order valence-corrected chi connectivity index (χ4v) is 2.59. The molecule has 0 fully saturated rings. The van der Waals surface area contributed by atoms with Gasteiger partial charge >= 0.3 is 5.97 Å². The van der Waals surface area contributed by atoms with Crippen LogP contribution in [0.4, 0.5) is 0 Å². The summed E-state index contributed by atoms with van der Waals surface area (Å²) >= 11 is 0. The summed E-state index contributed by atoms with van der Waals surface area (Å²) in [7, 11) is -3.55. The zero-order valence-electron chi connectivity index (χ0n) is 10.4. The van der Waals surface area contributed by atoms with Gasteiger partial charge in [0.25, 0.3) is 0 Å². The topological polar surface area (TPSA) is 83.5 Å². The Morgan fingerprint density at radius 1 is 1.33 bits per heavy atom. The largest absolute Gasteiger partial charge is 0.481 e. The standard InChI is InChI=1S/C12H17NO4S/c1-9-3-5-11(6-4-9)18(16,17)13-8-10(2)7-12(14)15/h3-6,10,13H,7-8H2,1-2H3,(H,14,15). The van der Waals surface area contributed by atoms with Crippen molar-refractivity contribution in [1.29, 1.82) is 0 Å². The van der Waals surface area contributed by atoms with Crippen LogP contribution in [0.1, 0.15) is 18.9 Å². The number of rotatable bonds is 6. The number of carboxylic acid groups (broad SMARTS) is 1. The van der Waals surface area contributed by atoms with Crippen LogP contribution in [0.3, 0.4) is 0 Å².